The van der Waals surface area contributed by atoms with Crippen molar-refractivity contribution >= 4 is 5.91 Å². The van der Waals surface area contributed by atoms with Gasteiger partial charge in [0.05, 0.1) is 35.6 Å². The summed E-state index contributed by atoms with van der Waals surface area (Å²) in [5.74, 6) is 0.208. The Labute approximate surface area is 163 Å². The van der Waals surface area contributed by atoms with Gasteiger partial charge in [-0.25, -0.2) is 0 Å². The lowest BCUT2D eigenvalue weighted by atomic mass is 9.94. The maximum atomic E-state index is 13.3. The molecule has 1 atom stereocenters. The topological polar surface area (TPSA) is 76.2 Å². The molecule has 1 amide bonds. The zero-order valence-electron chi connectivity index (χ0n) is 15.8. The van der Waals surface area contributed by atoms with E-state index in [4.69, 9.17) is 0 Å². The van der Waals surface area contributed by atoms with Crippen LogP contribution in [0.25, 0.3) is 0 Å². The first kappa shape index (κ1) is 17.2. The van der Waals surface area contributed by atoms with Gasteiger partial charge in [-0.15, -0.1) is 0 Å². The average molecular weight is 377 g/mol. The highest BCUT2D eigenvalue weighted by Crippen LogP contribution is 2.49. The number of carbonyl (C=O) groups excluding carboxylic acids is 1. The highest BCUT2D eigenvalue weighted by Gasteiger charge is 2.53. The summed E-state index contributed by atoms with van der Waals surface area (Å²) in [5, 5.41) is 19.3. The number of carbonyl (C=O) groups is 1. The quantitative estimate of drug-likeness (QED) is 0.752. The van der Waals surface area contributed by atoms with Crippen LogP contribution >= 0.6 is 0 Å². The third kappa shape index (κ3) is 2.65. The van der Waals surface area contributed by atoms with Crippen molar-refractivity contribution in [2.24, 2.45) is 7.05 Å². The van der Waals surface area contributed by atoms with Crippen molar-refractivity contribution in [3.8, 4) is 0 Å². The smallest absolute Gasteiger partial charge is 0.233 e. The van der Waals surface area contributed by atoms with Gasteiger partial charge in [0, 0.05) is 19.8 Å². The Kier molecular flexibility index (Phi) is 3.87. The van der Waals surface area contributed by atoms with E-state index in [2.05, 4.69) is 22.3 Å². The lowest BCUT2D eigenvalue weighted by Gasteiger charge is -2.31. The third-order valence-electron chi connectivity index (χ3n) is 6.01. The fourth-order valence-corrected chi connectivity index (χ4v) is 4.21. The number of hydrogen-bond donors (Lipinski definition) is 1. The summed E-state index contributed by atoms with van der Waals surface area (Å²) in [6, 6.07) is 13.8. The van der Waals surface area contributed by atoms with E-state index in [1.54, 1.807) is 24.0 Å². The first-order valence-corrected chi connectivity index (χ1v) is 9.66. The summed E-state index contributed by atoms with van der Waals surface area (Å²) in [5.41, 5.74) is 3.02. The van der Waals surface area contributed by atoms with Crippen molar-refractivity contribution in [2.45, 2.75) is 37.5 Å². The normalized spacial score (nSPS) is 18.6. The SMILES string of the molecule is Cn1nccc1[C@@H](O)c1cc2n(n1)CCN(C(=O)C1(c3ccccc3)CC1)C2. The van der Waals surface area contributed by atoms with Crippen molar-refractivity contribution in [1.82, 2.24) is 24.5 Å². The van der Waals surface area contributed by atoms with Gasteiger partial charge in [0.25, 0.3) is 0 Å². The van der Waals surface area contributed by atoms with Crippen molar-refractivity contribution < 1.29 is 9.90 Å². The van der Waals surface area contributed by atoms with E-state index in [1.165, 1.54) is 0 Å². The predicted molar refractivity (Wildman–Crippen MR) is 102 cm³/mol. The third-order valence-corrected chi connectivity index (χ3v) is 6.01. The molecule has 3 heterocycles. The van der Waals surface area contributed by atoms with E-state index in [9.17, 15) is 9.90 Å². The molecule has 28 heavy (non-hydrogen) atoms. The molecule has 1 aliphatic carbocycles. The minimum absolute atomic E-state index is 0.208. The molecule has 7 nitrogen and oxygen atoms in total. The number of benzene rings is 1. The second-order valence-corrected chi connectivity index (χ2v) is 7.74. The highest BCUT2D eigenvalue weighted by molar-refractivity contribution is 5.91. The molecule has 7 heteroatoms. The molecule has 144 valence electrons. The predicted octanol–water partition coefficient (Wildman–Crippen LogP) is 1.77. The van der Waals surface area contributed by atoms with Crippen molar-refractivity contribution in [3.63, 3.8) is 0 Å². The summed E-state index contributed by atoms with van der Waals surface area (Å²) in [4.78, 5) is 15.2. The first-order valence-electron chi connectivity index (χ1n) is 9.66. The molecule has 0 radical (unpaired) electrons. The summed E-state index contributed by atoms with van der Waals surface area (Å²) in [6.45, 7) is 1.81. The minimum atomic E-state index is -0.825. The van der Waals surface area contributed by atoms with Gasteiger partial charge in [0.15, 0.2) is 0 Å². The van der Waals surface area contributed by atoms with Gasteiger partial charge < -0.3 is 10.0 Å². The van der Waals surface area contributed by atoms with E-state index in [0.717, 1.165) is 24.1 Å². The zero-order valence-corrected chi connectivity index (χ0v) is 15.8. The molecule has 2 aromatic heterocycles. The number of aromatic nitrogens is 4. The average Bonchev–Trinajstić information content (AvgIpc) is 3.25. The Morgan fingerprint density at radius 1 is 1.18 bits per heavy atom. The molecule has 1 aromatic carbocycles. The summed E-state index contributed by atoms with van der Waals surface area (Å²) in [7, 11) is 1.80. The molecule has 1 saturated carbocycles. The van der Waals surface area contributed by atoms with Gasteiger partial charge in [-0.05, 0) is 30.5 Å². The van der Waals surface area contributed by atoms with E-state index in [1.807, 2.05) is 33.8 Å². The van der Waals surface area contributed by atoms with Crippen LogP contribution in [0.2, 0.25) is 0 Å². The Bertz CT molecular complexity index is 1020. The zero-order chi connectivity index (χ0) is 19.3. The van der Waals surface area contributed by atoms with E-state index < -0.39 is 6.10 Å². The fraction of sp³-hybridized carbons (Fsp3) is 0.381. The fourth-order valence-electron chi connectivity index (χ4n) is 4.21. The van der Waals surface area contributed by atoms with Gasteiger partial charge in [-0.1, -0.05) is 30.3 Å². The van der Waals surface area contributed by atoms with Gasteiger partial charge in [-0.2, -0.15) is 10.2 Å². The van der Waals surface area contributed by atoms with Crippen LogP contribution in [0.1, 0.15) is 41.6 Å². The number of aryl methyl sites for hydroxylation is 1. The largest absolute Gasteiger partial charge is 0.380 e. The Morgan fingerprint density at radius 2 is 1.96 bits per heavy atom. The molecule has 3 aromatic rings. The number of aliphatic hydroxyl groups is 1. The van der Waals surface area contributed by atoms with Crippen molar-refractivity contribution in [3.05, 3.63) is 71.3 Å². The van der Waals surface area contributed by atoms with Crippen molar-refractivity contribution in [1.29, 1.82) is 0 Å². The molecule has 1 N–H and O–H groups in total. The van der Waals surface area contributed by atoms with Crippen LogP contribution in [-0.2, 0) is 30.3 Å². The molecule has 1 fully saturated rings. The van der Waals surface area contributed by atoms with Crippen LogP contribution in [0.15, 0.2) is 48.7 Å². The second kappa shape index (κ2) is 6.31. The Hall–Kier alpha value is -2.93. The Balaban J connectivity index is 1.37. The number of fused-ring (bicyclic) bond motifs is 1. The van der Waals surface area contributed by atoms with Gasteiger partial charge in [0.2, 0.25) is 5.91 Å². The summed E-state index contributed by atoms with van der Waals surface area (Å²) in [6.07, 6.45) is 2.66. The molecule has 0 unspecified atom stereocenters. The number of aliphatic hydroxyl groups excluding tert-OH is 1. The van der Waals surface area contributed by atoms with Gasteiger partial charge >= 0.3 is 0 Å². The van der Waals surface area contributed by atoms with Crippen LogP contribution in [0.5, 0.6) is 0 Å². The molecule has 2 aliphatic rings. The summed E-state index contributed by atoms with van der Waals surface area (Å²) >= 11 is 0. The highest BCUT2D eigenvalue weighted by atomic mass is 16.3. The lowest BCUT2D eigenvalue weighted by Crippen LogP contribution is -2.43. The minimum Gasteiger partial charge on any atom is -0.380 e. The molecule has 5 rings (SSSR count). The van der Waals surface area contributed by atoms with E-state index in [0.29, 0.717) is 31.0 Å². The van der Waals surface area contributed by atoms with Crippen LogP contribution < -0.4 is 0 Å². The number of amides is 1. The molecule has 0 bridgehead atoms. The first-order chi connectivity index (χ1) is 13.6. The Morgan fingerprint density at radius 3 is 2.64 bits per heavy atom. The molecule has 1 aliphatic heterocycles. The van der Waals surface area contributed by atoms with E-state index in [-0.39, 0.29) is 11.3 Å². The van der Waals surface area contributed by atoms with Crippen LogP contribution in [-0.4, -0.2) is 42.0 Å². The van der Waals surface area contributed by atoms with Gasteiger partial charge in [0.1, 0.15) is 6.10 Å². The van der Waals surface area contributed by atoms with Crippen LogP contribution in [0, 0.1) is 0 Å². The molecule has 0 saturated heterocycles. The second-order valence-electron chi connectivity index (χ2n) is 7.74. The monoisotopic (exact) mass is 377 g/mol. The van der Waals surface area contributed by atoms with Crippen LogP contribution in [0.4, 0.5) is 0 Å². The number of nitrogens with zero attached hydrogens (tertiary/aromatic N) is 5. The maximum absolute atomic E-state index is 13.3. The molecular weight excluding hydrogens is 354 g/mol. The number of rotatable bonds is 4. The lowest BCUT2D eigenvalue weighted by molar-refractivity contribution is -0.135. The molecule has 0 spiro atoms. The van der Waals surface area contributed by atoms with E-state index >= 15 is 0 Å². The molecular formula is C21H23N5O2. The van der Waals surface area contributed by atoms with Gasteiger partial charge in [-0.3, -0.25) is 14.2 Å². The number of hydrogen-bond acceptors (Lipinski definition) is 4. The summed E-state index contributed by atoms with van der Waals surface area (Å²) < 4.78 is 3.55. The standard InChI is InChI=1S/C21H23N5O2/c1-24-18(7-10-22-24)19(27)17-13-16-14-25(11-12-26(16)23-17)20(28)21(8-9-21)15-5-3-2-4-6-15/h2-7,10,13,19,27H,8-9,11-12,14H2,1H3/t19-/m0/s1. The van der Waals surface area contributed by atoms with Crippen LogP contribution in [0.3, 0.4) is 0 Å². The maximum Gasteiger partial charge on any atom is 0.233 e. The van der Waals surface area contributed by atoms with Crippen molar-refractivity contribution in [2.75, 3.05) is 6.54 Å².